The minimum Gasteiger partial charge on any atom is -0.462 e. The van der Waals surface area contributed by atoms with Crippen molar-refractivity contribution in [3.63, 3.8) is 0 Å². The second-order valence-electron chi connectivity index (χ2n) is 7.80. The highest BCUT2D eigenvalue weighted by molar-refractivity contribution is 6.54. The number of carbonyl (C=O) groups is 2. The molecule has 0 aromatic heterocycles. The fourth-order valence-electron chi connectivity index (χ4n) is 4.15. The van der Waals surface area contributed by atoms with E-state index >= 15 is 0 Å². The van der Waals surface area contributed by atoms with E-state index < -0.39 is 0 Å². The molecule has 2 aromatic carbocycles. The van der Waals surface area contributed by atoms with Crippen LogP contribution in [-0.4, -0.2) is 44.0 Å². The van der Waals surface area contributed by atoms with Crippen molar-refractivity contribution >= 4 is 29.0 Å². The van der Waals surface area contributed by atoms with Crippen LogP contribution < -0.4 is 9.80 Å². The maximum atomic E-state index is 13.3. The van der Waals surface area contributed by atoms with Crippen molar-refractivity contribution in [1.29, 1.82) is 0 Å². The zero-order valence-corrected chi connectivity index (χ0v) is 17.4. The summed E-state index contributed by atoms with van der Waals surface area (Å²) in [7, 11) is 0. The minimum absolute atomic E-state index is 0.0533. The Morgan fingerprint density at radius 2 is 1.73 bits per heavy atom. The van der Waals surface area contributed by atoms with Crippen LogP contribution in [0.15, 0.2) is 53.5 Å². The van der Waals surface area contributed by atoms with Gasteiger partial charge >= 0.3 is 5.97 Å². The number of anilines is 1. The number of aliphatic imine (C=N–C) groups is 1. The molecule has 0 bridgehead atoms. The van der Waals surface area contributed by atoms with Crippen LogP contribution in [-0.2, 0) is 9.53 Å². The zero-order chi connectivity index (χ0) is 20.9. The summed E-state index contributed by atoms with van der Waals surface area (Å²) in [5.41, 5.74) is 3.38. The number of fused-ring (bicyclic) bond motifs is 1. The van der Waals surface area contributed by atoms with Gasteiger partial charge in [0.2, 0.25) is 0 Å². The molecule has 0 spiro atoms. The Hall–Kier alpha value is -2.99. The number of rotatable bonds is 5. The van der Waals surface area contributed by atoms with Crippen LogP contribution in [0.5, 0.6) is 0 Å². The normalized spacial score (nSPS) is 18.4. The number of hydrogen-bond donors (Lipinski definition) is 1. The van der Waals surface area contributed by atoms with Gasteiger partial charge in [0.15, 0.2) is 6.67 Å². The molecule has 0 radical (unpaired) electrons. The summed E-state index contributed by atoms with van der Waals surface area (Å²) >= 11 is 0. The summed E-state index contributed by atoms with van der Waals surface area (Å²) in [6.07, 6.45) is 4.99. The fraction of sp³-hybridized carbons (Fsp3) is 0.375. The number of amides is 1. The molecule has 2 aromatic rings. The van der Waals surface area contributed by atoms with Gasteiger partial charge in [0.25, 0.3) is 5.91 Å². The minimum atomic E-state index is -0.356. The first-order chi connectivity index (χ1) is 14.7. The van der Waals surface area contributed by atoms with Gasteiger partial charge in [0, 0.05) is 5.56 Å². The molecule has 0 saturated carbocycles. The predicted molar refractivity (Wildman–Crippen MR) is 117 cm³/mol. The molecule has 1 amide bonds. The molecule has 156 valence electrons. The Balaban J connectivity index is 1.59. The summed E-state index contributed by atoms with van der Waals surface area (Å²) in [6.45, 7) is 5.00. The molecular weight excluding hydrogens is 378 g/mol. The third-order valence-electron chi connectivity index (χ3n) is 5.71. The van der Waals surface area contributed by atoms with Crippen LogP contribution in [0, 0.1) is 0 Å². The molecule has 2 heterocycles. The van der Waals surface area contributed by atoms with E-state index in [1.54, 1.807) is 31.2 Å². The Morgan fingerprint density at radius 1 is 1.03 bits per heavy atom. The maximum Gasteiger partial charge on any atom is 0.338 e. The number of para-hydroxylation sites is 1. The first kappa shape index (κ1) is 20.3. The molecule has 0 aliphatic carbocycles. The highest BCUT2D eigenvalue weighted by atomic mass is 16.5. The van der Waals surface area contributed by atoms with E-state index in [0.717, 1.165) is 24.3 Å². The first-order valence-electron chi connectivity index (χ1n) is 10.8. The number of benzene rings is 2. The van der Waals surface area contributed by atoms with Gasteiger partial charge in [0.1, 0.15) is 5.71 Å². The van der Waals surface area contributed by atoms with Gasteiger partial charge in [-0.1, -0.05) is 18.2 Å². The molecule has 30 heavy (non-hydrogen) atoms. The van der Waals surface area contributed by atoms with Crippen molar-refractivity contribution in [2.75, 3.05) is 31.3 Å². The standard InChI is InChI=1S/C24H27N3O3/c1-2-30-24(29)18-11-13-19(14-12-18)25-22-20-9-5-6-10-21(20)27(23(22)28)17-26-15-7-3-4-8-16-26/h5-6,9-14H,2-4,7-8,15-17H2,1H3/p+1. The van der Waals surface area contributed by atoms with Crippen molar-refractivity contribution in [3.8, 4) is 0 Å². The SMILES string of the molecule is CCOC(=O)c1ccc(N=C2C(=O)N(C[NH+]3CCCCCC3)c3ccccc32)cc1. The van der Waals surface area contributed by atoms with Crippen LogP contribution in [0.3, 0.4) is 0 Å². The lowest BCUT2D eigenvalue weighted by Crippen LogP contribution is -3.13. The van der Waals surface area contributed by atoms with E-state index in [0.29, 0.717) is 30.2 Å². The second-order valence-corrected chi connectivity index (χ2v) is 7.80. The van der Waals surface area contributed by atoms with E-state index in [1.807, 2.05) is 29.2 Å². The van der Waals surface area contributed by atoms with Gasteiger partial charge in [-0.25, -0.2) is 9.79 Å². The largest absolute Gasteiger partial charge is 0.462 e. The second kappa shape index (κ2) is 9.22. The van der Waals surface area contributed by atoms with Crippen LogP contribution in [0.2, 0.25) is 0 Å². The molecule has 1 saturated heterocycles. The van der Waals surface area contributed by atoms with Crippen LogP contribution in [0.25, 0.3) is 0 Å². The van der Waals surface area contributed by atoms with Gasteiger partial charge in [0.05, 0.1) is 36.6 Å². The monoisotopic (exact) mass is 406 g/mol. The molecule has 1 N–H and O–H groups in total. The third kappa shape index (κ3) is 4.28. The summed E-state index contributed by atoms with van der Waals surface area (Å²) in [5, 5.41) is 0. The lowest BCUT2D eigenvalue weighted by molar-refractivity contribution is -0.897. The third-order valence-corrected chi connectivity index (χ3v) is 5.71. The summed E-state index contributed by atoms with van der Waals surface area (Å²) < 4.78 is 5.02. The highest BCUT2D eigenvalue weighted by Crippen LogP contribution is 2.30. The average Bonchev–Trinajstić information content (AvgIpc) is 2.93. The van der Waals surface area contributed by atoms with E-state index in [1.165, 1.54) is 30.6 Å². The predicted octanol–water partition coefficient (Wildman–Crippen LogP) is 2.75. The number of hydrogen-bond acceptors (Lipinski definition) is 4. The van der Waals surface area contributed by atoms with Crippen molar-refractivity contribution in [1.82, 2.24) is 0 Å². The van der Waals surface area contributed by atoms with Gasteiger partial charge in [-0.2, -0.15) is 0 Å². The Kier molecular flexibility index (Phi) is 6.23. The van der Waals surface area contributed by atoms with Crippen molar-refractivity contribution < 1.29 is 19.2 Å². The molecule has 1 fully saturated rings. The van der Waals surface area contributed by atoms with E-state index in [4.69, 9.17) is 4.74 Å². The van der Waals surface area contributed by atoms with E-state index in [-0.39, 0.29) is 11.9 Å². The zero-order valence-electron chi connectivity index (χ0n) is 17.4. The summed E-state index contributed by atoms with van der Waals surface area (Å²) in [5.74, 6) is -0.409. The number of nitrogens with zero attached hydrogens (tertiary/aromatic N) is 2. The topological polar surface area (TPSA) is 63.4 Å². The Labute approximate surface area is 177 Å². The Morgan fingerprint density at radius 3 is 2.43 bits per heavy atom. The Bertz CT molecular complexity index is 944. The van der Waals surface area contributed by atoms with Crippen LogP contribution in [0.1, 0.15) is 48.5 Å². The number of ether oxygens (including phenoxy) is 1. The van der Waals surface area contributed by atoms with Gasteiger partial charge in [-0.3, -0.25) is 9.69 Å². The number of quaternary nitrogens is 1. The molecule has 6 nitrogen and oxygen atoms in total. The summed E-state index contributed by atoms with van der Waals surface area (Å²) in [6, 6.07) is 14.7. The van der Waals surface area contributed by atoms with E-state index in [9.17, 15) is 9.59 Å². The summed E-state index contributed by atoms with van der Waals surface area (Å²) in [4.78, 5) is 33.1. The van der Waals surface area contributed by atoms with Gasteiger partial charge in [-0.15, -0.1) is 0 Å². The average molecular weight is 407 g/mol. The smallest absolute Gasteiger partial charge is 0.338 e. The maximum absolute atomic E-state index is 13.3. The molecule has 2 aliphatic heterocycles. The van der Waals surface area contributed by atoms with Gasteiger partial charge in [-0.05, 0) is 62.9 Å². The lowest BCUT2D eigenvalue weighted by Gasteiger charge is -2.24. The molecule has 4 rings (SSSR count). The van der Waals surface area contributed by atoms with Crippen molar-refractivity contribution in [2.24, 2.45) is 4.99 Å². The first-order valence-corrected chi connectivity index (χ1v) is 10.8. The van der Waals surface area contributed by atoms with E-state index in [2.05, 4.69) is 4.99 Å². The molecule has 0 unspecified atom stereocenters. The van der Waals surface area contributed by atoms with Gasteiger partial charge < -0.3 is 9.64 Å². The highest BCUT2D eigenvalue weighted by Gasteiger charge is 2.36. The lowest BCUT2D eigenvalue weighted by atomic mass is 10.1. The fourth-order valence-corrected chi connectivity index (χ4v) is 4.15. The molecule has 2 aliphatic rings. The number of likely N-dealkylation sites (tertiary alicyclic amines) is 1. The number of nitrogens with one attached hydrogen (secondary N) is 1. The number of carbonyl (C=O) groups excluding carboxylic acids is 2. The number of esters is 1. The van der Waals surface area contributed by atoms with Crippen molar-refractivity contribution in [3.05, 3.63) is 59.7 Å². The molecular formula is C24H28N3O3+. The van der Waals surface area contributed by atoms with Crippen LogP contribution >= 0.6 is 0 Å². The molecule has 0 atom stereocenters. The van der Waals surface area contributed by atoms with Crippen molar-refractivity contribution in [2.45, 2.75) is 32.6 Å². The quantitative estimate of drug-likeness (QED) is 0.777. The molecule has 6 heteroatoms. The van der Waals surface area contributed by atoms with Crippen LogP contribution in [0.4, 0.5) is 11.4 Å².